The summed E-state index contributed by atoms with van der Waals surface area (Å²) in [4.78, 5) is 25.1. The number of aromatic nitrogens is 2. The molecule has 1 aliphatic rings. The molecule has 1 saturated heterocycles. The van der Waals surface area contributed by atoms with Gasteiger partial charge in [0, 0.05) is 37.9 Å². The maximum Gasteiger partial charge on any atom is 0.263 e. The normalized spacial score (nSPS) is 16.1. The number of likely N-dealkylation sites (tertiary alicyclic amines) is 1. The molecule has 2 heterocycles. The van der Waals surface area contributed by atoms with E-state index in [-0.39, 0.29) is 11.7 Å². The molecule has 1 aromatic carbocycles. The van der Waals surface area contributed by atoms with Crippen LogP contribution in [0.25, 0.3) is 0 Å². The number of nitrogens with zero attached hydrogens (tertiary/aromatic N) is 4. The number of rotatable bonds is 5. The van der Waals surface area contributed by atoms with Gasteiger partial charge < -0.3 is 14.5 Å². The van der Waals surface area contributed by atoms with Crippen LogP contribution in [0.1, 0.15) is 25.5 Å². The van der Waals surface area contributed by atoms with Crippen LogP contribution in [0.5, 0.6) is 5.75 Å². The summed E-state index contributed by atoms with van der Waals surface area (Å²) < 4.78 is 19.2. The van der Waals surface area contributed by atoms with E-state index in [1.165, 1.54) is 12.1 Å². The van der Waals surface area contributed by atoms with Crippen molar-refractivity contribution in [2.45, 2.75) is 38.8 Å². The van der Waals surface area contributed by atoms with E-state index in [1.54, 1.807) is 30.3 Å². The van der Waals surface area contributed by atoms with Crippen LogP contribution in [-0.4, -0.2) is 53.1 Å². The molecule has 1 atom stereocenters. The van der Waals surface area contributed by atoms with Gasteiger partial charge in [0.1, 0.15) is 12.1 Å². The van der Waals surface area contributed by atoms with E-state index in [4.69, 9.17) is 4.74 Å². The first-order valence-corrected chi connectivity index (χ1v) is 9.17. The molecule has 0 bridgehead atoms. The topological polar surface area (TPSA) is 58.6 Å². The average molecular weight is 372 g/mol. The summed E-state index contributed by atoms with van der Waals surface area (Å²) in [5, 5.41) is 0. The predicted molar refractivity (Wildman–Crippen MR) is 101 cm³/mol. The first-order valence-electron chi connectivity index (χ1n) is 9.17. The van der Waals surface area contributed by atoms with Crippen molar-refractivity contribution in [3.05, 3.63) is 48.2 Å². The van der Waals surface area contributed by atoms with E-state index in [2.05, 4.69) is 14.9 Å². The van der Waals surface area contributed by atoms with E-state index >= 15 is 0 Å². The molecule has 1 fully saturated rings. The number of hydrogen-bond acceptors (Lipinski definition) is 5. The summed E-state index contributed by atoms with van der Waals surface area (Å²) in [5.41, 5.74) is 0.929. The summed E-state index contributed by atoms with van der Waals surface area (Å²) in [6.45, 7) is 4.89. The molecule has 0 N–H and O–H groups in total. The highest BCUT2D eigenvalue weighted by Gasteiger charge is 2.29. The van der Waals surface area contributed by atoms with Gasteiger partial charge in [0.15, 0.2) is 17.7 Å². The van der Waals surface area contributed by atoms with Gasteiger partial charge >= 0.3 is 0 Å². The minimum absolute atomic E-state index is 0.104. The fraction of sp³-hybridized carbons (Fsp3) is 0.450. The molecule has 0 saturated carbocycles. The van der Waals surface area contributed by atoms with Crippen molar-refractivity contribution in [1.82, 2.24) is 14.9 Å². The molecule has 1 unspecified atom stereocenters. The van der Waals surface area contributed by atoms with E-state index in [0.717, 1.165) is 24.4 Å². The number of anilines is 1. The molecule has 144 valence electrons. The van der Waals surface area contributed by atoms with Gasteiger partial charge in [-0.25, -0.2) is 14.4 Å². The molecular formula is C20H25FN4O2. The van der Waals surface area contributed by atoms with Gasteiger partial charge in [-0.15, -0.1) is 0 Å². The van der Waals surface area contributed by atoms with Crippen molar-refractivity contribution in [1.29, 1.82) is 0 Å². The van der Waals surface area contributed by atoms with E-state index < -0.39 is 11.9 Å². The maximum atomic E-state index is 13.7. The van der Waals surface area contributed by atoms with Gasteiger partial charge in [0.05, 0.1) is 0 Å². The van der Waals surface area contributed by atoms with Crippen LogP contribution < -0.4 is 9.64 Å². The van der Waals surface area contributed by atoms with Gasteiger partial charge in [-0.1, -0.05) is 12.1 Å². The van der Waals surface area contributed by atoms with Crippen LogP contribution in [-0.2, 0) is 4.79 Å². The second-order valence-electron chi connectivity index (χ2n) is 6.88. The van der Waals surface area contributed by atoms with Gasteiger partial charge in [-0.3, -0.25) is 4.79 Å². The molecule has 0 spiro atoms. The zero-order chi connectivity index (χ0) is 19.4. The molecule has 27 heavy (non-hydrogen) atoms. The number of aryl methyl sites for hydroxylation is 1. The second-order valence-corrected chi connectivity index (χ2v) is 6.88. The Morgan fingerprint density at radius 2 is 2.00 bits per heavy atom. The third-order valence-electron chi connectivity index (χ3n) is 4.96. The summed E-state index contributed by atoms with van der Waals surface area (Å²) in [7, 11) is 2.02. The number of benzene rings is 1. The van der Waals surface area contributed by atoms with Gasteiger partial charge in [-0.2, -0.15) is 0 Å². The smallest absolute Gasteiger partial charge is 0.263 e. The molecule has 6 nitrogen and oxygen atoms in total. The van der Waals surface area contributed by atoms with Crippen molar-refractivity contribution in [3.63, 3.8) is 0 Å². The molecule has 1 amide bonds. The Labute approximate surface area is 159 Å². The zero-order valence-corrected chi connectivity index (χ0v) is 15.9. The lowest BCUT2D eigenvalue weighted by Crippen LogP contribution is -2.49. The minimum Gasteiger partial charge on any atom is -0.478 e. The monoisotopic (exact) mass is 372 g/mol. The molecule has 7 heteroatoms. The Kier molecular flexibility index (Phi) is 5.88. The number of para-hydroxylation sites is 1. The second kappa shape index (κ2) is 8.33. The maximum absolute atomic E-state index is 13.7. The van der Waals surface area contributed by atoms with E-state index in [1.807, 2.05) is 20.0 Å². The Balaban J connectivity index is 1.55. The highest BCUT2D eigenvalue weighted by atomic mass is 19.1. The van der Waals surface area contributed by atoms with Crippen LogP contribution in [0.15, 0.2) is 36.7 Å². The van der Waals surface area contributed by atoms with E-state index in [9.17, 15) is 9.18 Å². The number of piperidine rings is 1. The molecule has 1 aliphatic heterocycles. The fourth-order valence-corrected chi connectivity index (χ4v) is 3.33. The standard InChI is InChI=1S/C20H25FN4O2/c1-14-12-19(23-13-22-14)24(3)16-8-10-25(11-9-16)20(26)15(2)27-18-7-5-4-6-17(18)21/h4-7,12-13,15-16H,8-11H2,1-3H3. The van der Waals surface area contributed by atoms with Crippen molar-refractivity contribution >= 4 is 11.7 Å². The predicted octanol–water partition coefficient (Wildman–Crippen LogP) is 2.82. The number of ether oxygens (including phenoxy) is 1. The lowest BCUT2D eigenvalue weighted by Gasteiger charge is -2.38. The molecule has 1 aromatic heterocycles. The molecule has 2 aromatic rings. The largest absolute Gasteiger partial charge is 0.478 e. The Bertz CT molecular complexity index is 793. The Morgan fingerprint density at radius 3 is 2.67 bits per heavy atom. The number of hydrogen-bond donors (Lipinski definition) is 0. The average Bonchev–Trinajstić information content (AvgIpc) is 2.68. The Hall–Kier alpha value is -2.70. The third kappa shape index (κ3) is 4.53. The summed E-state index contributed by atoms with van der Waals surface area (Å²) in [6, 6.07) is 8.40. The molecular weight excluding hydrogens is 347 g/mol. The summed E-state index contributed by atoms with van der Waals surface area (Å²) >= 11 is 0. The van der Waals surface area contributed by atoms with Crippen molar-refractivity contribution < 1.29 is 13.9 Å². The lowest BCUT2D eigenvalue weighted by molar-refractivity contribution is -0.139. The van der Waals surface area contributed by atoms with Crippen molar-refractivity contribution in [2.75, 3.05) is 25.0 Å². The Morgan fingerprint density at radius 1 is 1.30 bits per heavy atom. The third-order valence-corrected chi connectivity index (χ3v) is 4.96. The van der Waals surface area contributed by atoms with Gasteiger partial charge in [0.25, 0.3) is 5.91 Å². The number of amides is 1. The van der Waals surface area contributed by atoms with Gasteiger partial charge in [-0.05, 0) is 38.8 Å². The molecule has 0 radical (unpaired) electrons. The quantitative estimate of drug-likeness (QED) is 0.808. The zero-order valence-electron chi connectivity index (χ0n) is 15.9. The number of carbonyl (C=O) groups is 1. The first kappa shape index (κ1) is 19.1. The van der Waals surface area contributed by atoms with Crippen LogP contribution in [0.4, 0.5) is 10.2 Å². The van der Waals surface area contributed by atoms with Gasteiger partial charge in [0.2, 0.25) is 0 Å². The molecule has 3 rings (SSSR count). The highest BCUT2D eigenvalue weighted by molar-refractivity contribution is 5.81. The fourth-order valence-electron chi connectivity index (χ4n) is 3.33. The highest BCUT2D eigenvalue weighted by Crippen LogP contribution is 2.22. The first-order chi connectivity index (χ1) is 13.0. The van der Waals surface area contributed by atoms with Crippen LogP contribution >= 0.6 is 0 Å². The summed E-state index contributed by atoms with van der Waals surface area (Å²) in [5.74, 6) is 0.422. The minimum atomic E-state index is -0.722. The number of halogens is 1. The van der Waals surface area contributed by atoms with Crippen LogP contribution in [0, 0.1) is 12.7 Å². The van der Waals surface area contributed by atoms with E-state index in [0.29, 0.717) is 19.1 Å². The SMILES string of the molecule is Cc1cc(N(C)C2CCN(C(=O)C(C)Oc3ccccc3F)CC2)ncn1. The summed E-state index contributed by atoms with van der Waals surface area (Å²) in [6.07, 6.45) is 2.54. The van der Waals surface area contributed by atoms with Crippen LogP contribution in [0.2, 0.25) is 0 Å². The lowest BCUT2D eigenvalue weighted by atomic mass is 10.0. The van der Waals surface area contributed by atoms with Crippen molar-refractivity contribution in [2.24, 2.45) is 0 Å². The number of carbonyl (C=O) groups excluding carboxylic acids is 1. The molecule has 0 aliphatic carbocycles. The van der Waals surface area contributed by atoms with Crippen LogP contribution in [0.3, 0.4) is 0 Å². The van der Waals surface area contributed by atoms with Crippen molar-refractivity contribution in [3.8, 4) is 5.75 Å².